The minimum absolute atomic E-state index is 0.0454. The van der Waals surface area contributed by atoms with E-state index in [1.807, 2.05) is 30.5 Å². The lowest BCUT2D eigenvalue weighted by molar-refractivity contribution is 0.0935. The Balaban J connectivity index is 1.98. The maximum Gasteiger partial charge on any atom is 0.251 e. The van der Waals surface area contributed by atoms with Crippen LogP contribution in [0.3, 0.4) is 0 Å². The maximum atomic E-state index is 12.2. The molecule has 1 aliphatic rings. The van der Waals surface area contributed by atoms with Gasteiger partial charge in [-0.15, -0.1) is 11.8 Å². The highest BCUT2D eigenvalue weighted by Gasteiger charge is 2.23. The number of amides is 1. The molecule has 2 unspecified atom stereocenters. The number of benzene rings is 1. The summed E-state index contributed by atoms with van der Waals surface area (Å²) in [7, 11) is 0. The number of carbonyl (C=O) groups is 1. The lowest BCUT2D eigenvalue weighted by Gasteiger charge is -2.21. The molecule has 19 heavy (non-hydrogen) atoms. The Hall–Kier alpha value is -0.480. The topological polar surface area (TPSA) is 29.1 Å². The van der Waals surface area contributed by atoms with Gasteiger partial charge in [-0.1, -0.05) is 35.2 Å². The van der Waals surface area contributed by atoms with Crippen LogP contribution in [-0.4, -0.2) is 23.0 Å². The molecule has 104 valence electrons. The molecule has 0 saturated heterocycles. The van der Waals surface area contributed by atoms with Gasteiger partial charge in [0.15, 0.2) is 0 Å². The first kappa shape index (κ1) is 14.9. The highest BCUT2D eigenvalue weighted by atomic mass is 79.9. The smallest absolute Gasteiger partial charge is 0.251 e. The summed E-state index contributed by atoms with van der Waals surface area (Å²) < 4.78 is 0. The highest BCUT2D eigenvalue weighted by Crippen LogP contribution is 2.24. The minimum atomic E-state index is 0.0454. The van der Waals surface area contributed by atoms with Crippen molar-refractivity contribution in [2.45, 2.75) is 47.9 Å². The van der Waals surface area contributed by atoms with Crippen LogP contribution in [0.2, 0.25) is 0 Å². The van der Waals surface area contributed by atoms with Crippen LogP contribution < -0.4 is 5.32 Å². The van der Waals surface area contributed by atoms with Gasteiger partial charge in [0.05, 0.1) is 0 Å². The summed E-state index contributed by atoms with van der Waals surface area (Å²) in [5.41, 5.74) is 0.752. The van der Waals surface area contributed by atoms with Crippen LogP contribution in [0.5, 0.6) is 0 Å². The van der Waals surface area contributed by atoms with E-state index in [-0.39, 0.29) is 11.9 Å². The number of hydrogen-bond acceptors (Lipinski definition) is 2. The van der Waals surface area contributed by atoms with Gasteiger partial charge in [-0.2, -0.15) is 0 Å². The number of thioether (sulfide) groups is 1. The molecule has 1 N–H and O–H groups in total. The van der Waals surface area contributed by atoms with Crippen LogP contribution in [-0.2, 0) is 0 Å². The van der Waals surface area contributed by atoms with E-state index >= 15 is 0 Å². The molecule has 0 radical (unpaired) electrons. The molecule has 1 aromatic carbocycles. The van der Waals surface area contributed by atoms with E-state index in [9.17, 15) is 4.79 Å². The van der Waals surface area contributed by atoms with Crippen molar-refractivity contribution in [2.24, 2.45) is 0 Å². The van der Waals surface area contributed by atoms with E-state index < -0.39 is 0 Å². The summed E-state index contributed by atoms with van der Waals surface area (Å²) in [5.74, 6) is 0.0454. The first-order valence-electron chi connectivity index (χ1n) is 6.79. The number of rotatable bonds is 3. The standard InChI is InChI=1S/C15H20BrNOS/c1-19-12-9-7-11(8-10-12)15(18)17-14-6-4-2-3-5-13(14)16/h7-10,13-14H,2-6H2,1H3,(H,17,18). The van der Waals surface area contributed by atoms with Crippen LogP contribution in [0.15, 0.2) is 29.2 Å². The third-order valence-corrected chi connectivity index (χ3v) is 5.44. The predicted octanol–water partition coefficient (Wildman–Crippen LogP) is 4.23. The normalized spacial score (nSPS) is 23.7. The predicted molar refractivity (Wildman–Crippen MR) is 85.3 cm³/mol. The highest BCUT2D eigenvalue weighted by molar-refractivity contribution is 9.09. The van der Waals surface area contributed by atoms with Crippen molar-refractivity contribution in [3.05, 3.63) is 29.8 Å². The van der Waals surface area contributed by atoms with Crippen LogP contribution in [0.4, 0.5) is 0 Å². The van der Waals surface area contributed by atoms with E-state index in [4.69, 9.17) is 0 Å². The molecule has 0 bridgehead atoms. The lowest BCUT2D eigenvalue weighted by Crippen LogP contribution is -2.40. The Morgan fingerprint density at radius 3 is 2.58 bits per heavy atom. The second-order valence-electron chi connectivity index (χ2n) is 4.96. The van der Waals surface area contributed by atoms with Gasteiger partial charge in [-0.25, -0.2) is 0 Å². The van der Waals surface area contributed by atoms with Crippen molar-refractivity contribution in [2.75, 3.05) is 6.26 Å². The molecule has 4 heteroatoms. The average Bonchev–Trinajstić information content (AvgIpc) is 2.64. The van der Waals surface area contributed by atoms with E-state index in [1.54, 1.807) is 11.8 Å². The Kier molecular flexibility index (Phi) is 5.76. The zero-order chi connectivity index (χ0) is 13.7. The van der Waals surface area contributed by atoms with Gasteiger partial charge in [0.25, 0.3) is 5.91 Å². The third kappa shape index (κ3) is 4.25. The molecule has 2 nitrogen and oxygen atoms in total. The fraction of sp³-hybridized carbons (Fsp3) is 0.533. The molecule has 2 rings (SSSR count). The third-order valence-electron chi connectivity index (χ3n) is 3.60. The largest absolute Gasteiger partial charge is 0.348 e. The van der Waals surface area contributed by atoms with Crippen molar-refractivity contribution in [1.29, 1.82) is 0 Å². The molecule has 1 amide bonds. The van der Waals surface area contributed by atoms with Crippen molar-refractivity contribution in [3.8, 4) is 0 Å². The van der Waals surface area contributed by atoms with Gasteiger partial charge < -0.3 is 5.32 Å². The quantitative estimate of drug-likeness (QED) is 0.506. The summed E-state index contributed by atoms with van der Waals surface area (Å²) in [4.78, 5) is 13.8. The van der Waals surface area contributed by atoms with Crippen LogP contribution >= 0.6 is 27.7 Å². The zero-order valence-corrected chi connectivity index (χ0v) is 13.6. The lowest BCUT2D eigenvalue weighted by atomic mass is 10.1. The Labute approximate surface area is 127 Å². The van der Waals surface area contributed by atoms with Crippen molar-refractivity contribution in [3.63, 3.8) is 0 Å². The van der Waals surface area contributed by atoms with E-state index in [1.165, 1.54) is 24.2 Å². The number of hydrogen-bond donors (Lipinski definition) is 1. The molecule has 1 aliphatic carbocycles. The second-order valence-corrected chi connectivity index (χ2v) is 7.02. The zero-order valence-electron chi connectivity index (χ0n) is 11.2. The molecule has 1 saturated carbocycles. The Morgan fingerprint density at radius 2 is 1.89 bits per heavy atom. The number of nitrogens with one attached hydrogen (secondary N) is 1. The van der Waals surface area contributed by atoms with Gasteiger partial charge in [0.1, 0.15) is 0 Å². The molecule has 1 fully saturated rings. The molecule has 1 aromatic rings. The van der Waals surface area contributed by atoms with E-state index in [2.05, 4.69) is 21.2 Å². The monoisotopic (exact) mass is 341 g/mol. The number of halogens is 1. The van der Waals surface area contributed by atoms with Gasteiger partial charge in [0, 0.05) is 21.3 Å². The average molecular weight is 342 g/mol. The van der Waals surface area contributed by atoms with Crippen LogP contribution in [0.25, 0.3) is 0 Å². The van der Waals surface area contributed by atoms with Crippen molar-refractivity contribution >= 4 is 33.6 Å². The molecular weight excluding hydrogens is 322 g/mol. The van der Waals surface area contributed by atoms with Crippen molar-refractivity contribution in [1.82, 2.24) is 5.32 Å². The number of carbonyl (C=O) groups excluding carboxylic acids is 1. The van der Waals surface area contributed by atoms with Gasteiger partial charge in [-0.3, -0.25) is 4.79 Å². The Morgan fingerprint density at radius 1 is 1.21 bits per heavy atom. The minimum Gasteiger partial charge on any atom is -0.348 e. The molecule has 0 aliphatic heterocycles. The SMILES string of the molecule is CSc1ccc(C(=O)NC2CCCCCC2Br)cc1. The Bertz CT molecular complexity index is 421. The summed E-state index contributed by atoms with van der Waals surface area (Å²) in [6, 6.07) is 8.06. The first-order valence-corrected chi connectivity index (χ1v) is 8.94. The fourth-order valence-corrected chi connectivity index (χ4v) is 3.55. The summed E-state index contributed by atoms with van der Waals surface area (Å²) in [5, 5.41) is 3.17. The van der Waals surface area contributed by atoms with E-state index in [0.29, 0.717) is 4.83 Å². The molecule has 2 atom stereocenters. The van der Waals surface area contributed by atoms with Crippen LogP contribution in [0.1, 0.15) is 42.5 Å². The molecular formula is C15H20BrNOS. The van der Waals surface area contributed by atoms with Gasteiger partial charge in [0.2, 0.25) is 0 Å². The van der Waals surface area contributed by atoms with Gasteiger partial charge >= 0.3 is 0 Å². The van der Waals surface area contributed by atoms with Crippen LogP contribution in [0, 0.1) is 0 Å². The fourth-order valence-electron chi connectivity index (χ4n) is 2.42. The molecule has 0 heterocycles. The second kappa shape index (κ2) is 7.34. The summed E-state index contributed by atoms with van der Waals surface area (Å²) in [6.07, 6.45) is 8.00. The molecule has 0 spiro atoms. The molecule has 0 aromatic heterocycles. The summed E-state index contributed by atoms with van der Waals surface area (Å²) >= 11 is 5.40. The summed E-state index contributed by atoms with van der Waals surface area (Å²) in [6.45, 7) is 0. The van der Waals surface area contributed by atoms with E-state index in [0.717, 1.165) is 18.4 Å². The van der Waals surface area contributed by atoms with Gasteiger partial charge in [-0.05, 0) is 43.4 Å². The van der Waals surface area contributed by atoms with Crippen molar-refractivity contribution < 1.29 is 4.79 Å². The first-order chi connectivity index (χ1) is 9.20. The maximum absolute atomic E-state index is 12.2. The number of alkyl halides is 1.